The zero-order valence-electron chi connectivity index (χ0n) is 4.95. The van der Waals surface area contributed by atoms with Gasteiger partial charge in [-0.3, -0.25) is 5.21 Å². The molecule has 0 atom stereocenters. The van der Waals surface area contributed by atoms with Crippen LogP contribution in [0.4, 0.5) is 0 Å². The third kappa shape index (κ3) is 1.25. The van der Waals surface area contributed by atoms with Crippen molar-refractivity contribution in [1.82, 2.24) is 0 Å². The molecule has 1 aromatic rings. The summed E-state index contributed by atoms with van der Waals surface area (Å²) in [5.74, 6) is 0. The van der Waals surface area contributed by atoms with Crippen LogP contribution >= 0.6 is 15.9 Å². The Balaban J connectivity index is 3.25. The Labute approximate surface area is 66.2 Å². The van der Waals surface area contributed by atoms with E-state index < -0.39 is 0 Å². The number of nitriles is 1. The van der Waals surface area contributed by atoms with Gasteiger partial charge < -0.3 is 0 Å². The number of rotatable bonds is 0. The van der Waals surface area contributed by atoms with Crippen molar-refractivity contribution in [2.24, 2.45) is 0 Å². The van der Waals surface area contributed by atoms with Gasteiger partial charge in [0.25, 0.3) is 0 Å². The molecule has 1 aromatic heterocycles. The van der Waals surface area contributed by atoms with E-state index in [2.05, 4.69) is 15.9 Å². The van der Waals surface area contributed by atoms with Crippen molar-refractivity contribution < 1.29 is 9.94 Å². The Morgan fingerprint density at radius 3 is 2.90 bits per heavy atom. The first-order valence-corrected chi connectivity index (χ1v) is 3.34. The molecule has 1 N–H and O–H groups in total. The lowest BCUT2D eigenvalue weighted by Crippen LogP contribution is -2.33. The summed E-state index contributed by atoms with van der Waals surface area (Å²) in [4.78, 5) is 0. The van der Waals surface area contributed by atoms with Gasteiger partial charge >= 0.3 is 5.69 Å². The van der Waals surface area contributed by atoms with E-state index in [4.69, 9.17) is 10.5 Å². The van der Waals surface area contributed by atoms with Gasteiger partial charge in [0.05, 0.1) is 0 Å². The molecule has 0 aliphatic rings. The Kier molecular flexibility index (Phi) is 1.88. The number of nitrogens with zero attached hydrogens (tertiary/aromatic N) is 2. The highest BCUT2D eigenvalue weighted by atomic mass is 79.9. The molecular formula is C6H4BrN2O+. The molecule has 4 heteroatoms. The SMILES string of the molecule is N#Cc1cc(Br)cc[n+]1O. The summed E-state index contributed by atoms with van der Waals surface area (Å²) >= 11 is 3.16. The van der Waals surface area contributed by atoms with Crippen LogP contribution in [0, 0.1) is 11.3 Å². The van der Waals surface area contributed by atoms with Gasteiger partial charge in [0.2, 0.25) is 6.20 Å². The molecule has 0 fully saturated rings. The van der Waals surface area contributed by atoms with Gasteiger partial charge in [-0.2, -0.15) is 5.26 Å². The first-order chi connectivity index (χ1) is 4.74. The van der Waals surface area contributed by atoms with Crippen LogP contribution in [-0.4, -0.2) is 5.21 Å². The lowest BCUT2D eigenvalue weighted by Gasteiger charge is -1.85. The molecule has 0 saturated heterocycles. The summed E-state index contributed by atoms with van der Waals surface area (Å²) in [6, 6.07) is 4.99. The lowest BCUT2D eigenvalue weighted by atomic mass is 10.4. The van der Waals surface area contributed by atoms with E-state index in [-0.39, 0.29) is 5.69 Å². The fourth-order valence-electron chi connectivity index (χ4n) is 0.550. The Morgan fingerprint density at radius 1 is 1.70 bits per heavy atom. The van der Waals surface area contributed by atoms with Crippen molar-refractivity contribution in [3.8, 4) is 6.07 Å². The van der Waals surface area contributed by atoms with Gasteiger partial charge in [0.1, 0.15) is 0 Å². The molecule has 0 amide bonds. The molecule has 0 aliphatic carbocycles. The standard InChI is InChI=1S/C6H4BrN2O/c7-5-1-2-9(10)6(3-5)4-8/h1-3,10H/q+1. The van der Waals surface area contributed by atoms with Gasteiger partial charge in [-0.05, 0) is 0 Å². The second kappa shape index (κ2) is 2.67. The summed E-state index contributed by atoms with van der Waals surface area (Å²) < 4.78 is 1.54. The summed E-state index contributed by atoms with van der Waals surface area (Å²) in [6.45, 7) is 0. The molecule has 0 bridgehead atoms. The van der Waals surface area contributed by atoms with Crippen molar-refractivity contribution in [1.29, 1.82) is 5.26 Å². The van der Waals surface area contributed by atoms with E-state index in [0.717, 1.165) is 9.20 Å². The van der Waals surface area contributed by atoms with Crippen LogP contribution in [0.1, 0.15) is 5.69 Å². The molecule has 0 aromatic carbocycles. The van der Waals surface area contributed by atoms with Gasteiger partial charge in [-0.25, -0.2) is 0 Å². The number of hydrogen-bond acceptors (Lipinski definition) is 2. The minimum Gasteiger partial charge on any atom is -0.284 e. The number of halogens is 1. The molecule has 0 unspecified atom stereocenters. The van der Waals surface area contributed by atoms with Gasteiger partial charge in [0.15, 0.2) is 6.07 Å². The zero-order valence-corrected chi connectivity index (χ0v) is 6.54. The van der Waals surface area contributed by atoms with Crippen molar-refractivity contribution in [2.75, 3.05) is 0 Å². The Hall–Kier alpha value is -1.08. The predicted molar refractivity (Wildman–Crippen MR) is 36.2 cm³/mol. The fraction of sp³-hybridized carbons (Fsp3) is 0. The van der Waals surface area contributed by atoms with Crippen LogP contribution in [-0.2, 0) is 0 Å². The molecule has 10 heavy (non-hydrogen) atoms. The maximum atomic E-state index is 8.91. The smallest absolute Gasteiger partial charge is 0.284 e. The van der Waals surface area contributed by atoms with Crippen LogP contribution in [0.5, 0.6) is 0 Å². The molecule has 0 spiro atoms. The largest absolute Gasteiger partial charge is 0.334 e. The second-order valence-corrected chi connectivity index (χ2v) is 2.60. The van der Waals surface area contributed by atoms with Crippen LogP contribution in [0.15, 0.2) is 22.8 Å². The first-order valence-electron chi connectivity index (χ1n) is 2.54. The van der Waals surface area contributed by atoms with Crippen LogP contribution in [0.25, 0.3) is 0 Å². The van der Waals surface area contributed by atoms with Crippen molar-refractivity contribution in [3.05, 3.63) is 28.5 Å². The topological polar surface area (TPSA) is 47.9 Å². The fourth-order valence-corrected chi connectivity index (χ4v) is 0.886. The summed E-state index contributed by atoms with van der Waals surface area (Å²) in [5, 5.41) is 17.3. The molecule has 1 heterocycles. The molecule has 3 nitrogen and oxygen atoms in total. The Morgan fingerprint density at radius 2 is 2.40 bits per heavy atom. The summed E-state index contributed by atoms with van der Waals surface area (Å²) in [7, 11) is 0. The second-order valence-electron chi connectivity index (χ2n) is 1.69. The van der Waals surface area contributed by atoms with Crippen LogP contribution < -0.4 is 4.73 Å². The molecule has 0 radical (unpaired) electrons. The third-order valence-corrected chi connectivity index (χ3v) is 1.50. The van der Waals surface area contributed by atoms with Crippen LogP contribution in [0.2, 0.25) is 0 Å². The molecular weight excluding hydrogens is 196 g/mol. The van der Waals surface area contributed by atoms with E-state index in [1.807, 2.05) is 6.07 Å². The highest BCUT2D eigenvalue weighted by Crippen LogP contribution is 2.06. The summed E-state index contributed by atoms with van der Waals surface area (Å²) in [6.07, 6.45) is 1.39. The van der Waals surface area contributed by atoms with Gasteiger partial charge in [-0.15, -0.1) is 0 Å². The highest BCUT2D eigenvalue weighted by molar-refractivity contribution is 9.10. The Bertz CT molecular complexity index is 292. The monoisotopic (exact) mass is 199 g/mol. The van der Waals surface area contributed by atoms with Gasteiger partial charge in [0, 0.05) is 21.3 Å². The van der Waals surface area contributed by atoms with E-state index in [1.165, 1.54) is 12.3 Å². The van der Waals surface area contributed by atoms with Crippen LogP contribution in [0.3, 0.4) is 0 Å². The van der Waals surface area contributed by atoms with Crippen molar-refractivity contribution >= 4 is 15.9 Å². The highest BCUT2D eigenvalue weighted by Gasteiger charge is 2.07. The number of aromatic nitrogens is 1. The molecule has 0 saturated carbocycles. The van der Waals surface area contributed by atoms with E-state index in [0.29, 0.717) is 0 Å². The van der Waals surface area contributed by atoms with Gasteiger partial charge in [-0.1, -0.05) is 15.9 Å². The molecule has 1 rings (SSSR count). The summed E-state index contributed by atoms with van der Waals surface area (Å²) in [5.41, 5.74) is 0.203. The van der Waals surface area contributed by atoms with E-state index >= 15 is 0 Å². The minimum absolute atomic E-state index is 0.203. The first kappa shape index (κ1) is 7.03. The average Bonchev–Trinajstić information content (AvgIpc) is 1.94. The van der Waals surface area contributed by atoms with E-state index in [1.54, 1.807) is 6.07 Å². The maximum Gasteiger partial charge on any atom is 0.334 e. The van der Waals surface area contributed by atoms with E-state index in [9.17, 15) is 0 Å². The molecule has 50 valence electrons. The number of pyridine rings is 1. The zero-order chi connectivity index (χ0) is 7.56. The lowest BCUT2D eigenvalue weighted by molar-refractivity contribution is -0.906. The average molecular weight is 200 g/mol. The quantitative estimate of drug-likeness (QED) is 0.498. The molecule has 0 aliphatic heterocycles. The van der Waals surface area contributed by atoms with Crippen molar-refractivity contribution in [2.45, 2.75) is 0 Å². The maximum absolute atomic E-state index is 8.91. The normalized spacial score (nSPS) is 8.80. The minimum atomic E-state index is 0.203. The third-order valence-electron chi connectivity index (χ3n) is 1.01. The van der Waals surface area contributed by atoms with Crippen molar-refractivity contribution in [3.63, 3.8) is 0 Å². The number of hydrogen-bond donors (Lipinski definition) is 1. The predicted octanol–water partition coefficient (Wildman–Crippen LogP) is 0.846.